The molecule has 4 N–H and O–H groups in total. The molecule has 3 aromatic rings. The van der Waals surface area contributed by atoms with Crippen molar-refractivity contribution < 1.29 is 19.2 Å². The van der Waals surface area contributed by atoms with Crippen molar-refractivity contribution in [2.75, 3.05) is 5.32 Å². The number of hydrogen-bond acceptors (Lipinski definition) is 5. The largest absolute Gasteiger partial charge is 0.403 e. The van der Waals surface area contributed by atoms with E-state index < -0.39 is 18.0 Å². The summed E-state index contributed by atoms with van der Waals surface area (Å²) in [4.78, 5) is 54.9. The van der Waals surface area contributed by atoms with Crippen molar-refractivity contribution in [3.63, 3.8) is 0 Å². The molecule has 224 valence electrons. The number of nitrogens with two attached hydrogens (primary N) is 1. The molecule has 4 rings (SSSR count). The summed E-state index contributed by atoms with van der Waals surface area (Å²) < 4.78 is 0. The first-order valence-electron chi connectivity index (χ1n) is 14.4. The van der Waals surface area contributed by atoms with Crippen LogP contribution in [-0.2, 0) is 27.3 Å². The number of fused-ring (bicyclic) bond motifs is 1. The molecule has 1 heterocycles. The minimum absolute atomic E-state index is 0.0296. The number of anilines is 1. The maximum absolute atomic E-state index is 13.8. The van der Waals surface area contributed by atoms with Gasteiger partial charge in [0.25, 0.3) is 0 Å². The Bertz CT molecular complexity index is 1510. The fourth-order valence-corrected chi connectivity index (χ4v) is 5.29. The molecule has 0 spiro atoms. The van der Waals surface area contributed by atoms with Gasteiger partial charge in [-0.15, -0.1) is 0 Å². The Hall–Kier alpha value is -4.43. The predicted octanol–water partition coefficient (Wildman–Crippen LogP) is 5.33. The summed E-state index contributed by atoms with van der Waals surface area (Å²) in [5.74, 6) is -1.25. The Morgan fingerprint density at radius 3 is 2.37 bits per heavy atom. The van der Waals surface area contributed by atoms with E-state index in [1.807, 2.05) is 37.3 Å². The molecule has 3 aromatic carbocycles. The molecular formula is C34H37ClN4O4. The fraction of sp³-hybridized carbons (Fsp3) is 0.294. The predicted molar refractivity (Wildman–Crippen MR) is 168 cm³/mol. The lowest BCUT2D eigenvalue weighted by Crippen LogP contribution is -2.56. The van der Waals surface area contributed by atoms with E-state index in [1.165, 1.54) is 4.90 Å². The van der Waals surface area contributed by atoms with E-state index in [-0.39, 0.29) is 37.0 Å². The zero-order chi connectivity index (χ0) is 30.9. The quantitative estimate of drug-likeness (QED) is 0.243. The van der Waals surface area contributed by atoms with E-state index in [9.17, 15) is 19.2 Å². The molecule has 3 amide bonds. The third-order valence-corrected chi connectivity index (χ3v) is 8.01. The maximum Gasteiger partial charge on any atom is 0.246 e. The smallest absolute Gasteiger partial charge is 0.246 e. The van der Waals surface area contributed by atoms with Crippen LogP contribution < -0.4 is 16.4 Å². The maximum atomic E-state index is 13.8. The van der Waals surface area contributed by atoms with Crippen LogP contribution in [0, 0.1) is 6.92 Å². The van der Waals surface area contributed by atoms with Gasteiger partial charge in [0.1, 0.15) is 12.1 Å². The molecule has 2 atom stereocenters. The summed E-state index contributed by atoms with van der Waals surface area (Å²) in [5, 5.41) is 6.36. The van der Waals surface area contributed by atoms with Gasteiger partial charge in [-0.3, -0.25) is 19.2 Å². The Labute approximate surface area is 257 Å². The zero-order valence-electron chi connectivity index (χ0n) is 24.3. The third kappa shape index (κ3) is 8.55. The first-order valence-corrected chi connectivity index (χ1v) is 14.8. The Morgan fingerprint density at radius 1 is 0.977 bits per heavy atom. The van der Waals surface area contributed by atoms with E-state index in [4.69, 9.17) is 17.3 Å². The molecular weight excluding hydrogens is 564 g/mol. The molecule has 0 unspecified atom stereocenters. The third-order valence-electron chi connectivity index (χ3n) is 7.58. The number of amides is 3. The number of rotatable bonds is 12. The lowest BCUT2D eigenvalue weighted by atomic mass is 9.92. The summed E-state index contributed by atoms with van der Waals surface area (Å²) in [6, 6.07) is 19.9. The minimum Gasteiger partial charge on any atom is -0.403 e. The molecule has 1 aliphatic rings. The monoisotopic (exact) mass is 600 g/mol. The average molecular weight is 601 g/mol. The van der Waals surface area contributed by atoms with Crippen molar-refractivity contribution in [1.29, 1.82) is 0 Å². The van der Waals surface area contributed by atoms with Gasteiger partial charge in [0, 0.05) is 47.8 Å². The van der Waals surface area contributed by atoms with Gasteiger partial charge >= 0.3 is 0 Å². The van der Waals surface area contributed by atoms with Crippen LogP contribution >= 0.6 is 11.6 Å². The van der Waals surface area contributed by atoms with E-state index in [1.54, 1.807) is 42.5 Å². The van der Waals surface area contributed by atoms with Crippen LogP contribution in [0.3, 0.4) is 0 Å². The Morgan fingerprint density at radius 2 is 1.67 bits per heavy atom. The highest BCUT2D eigenvalue weighted by Gasteiger charge is 2.36. The molecule has 9 heteroatoms. The van der Waals surface area contributed by atoms with Crippen molar-refractivity contribution >= 4 is 40.8 Å². The Balaban J connectivity index is 1.51. The number of allylic oxidation sites excluding steroid dienone is 1. The SMILES string of the molecule is C=C(N)CCC[C@H](NC(=O)[C@@H]1Cc2ccccc2CN1C(=O)CCC(=O)c1ccccc1)C(=O)Nc1ccc(Cl)c(C)c1. The normalized spacial score (nSPS) is 14.7. The molecule has 8 nitrogen and oxygen atoms in total. The molecule has 0 bridgehead atoms. The van der Waals surface area contributed by atoms with Crippen molar-refractivity contribution in [3.8, 4) is 0 Å². The zero-order valence-corrected chi connectivity index (χ0v) is 25.0. The van der Waals surface area contributed by atoms with Crippen LogP contribution in [0.25, 0.3) is 0 Å². The van der Waals surface area contributed by atoms with Crippen LogP contribution in [0.2, 0.25) is 5.02 Å². The minimum atomic E-state index is -0.878. The number of halogens is 1. The second-order valence-electron chi connectivity index (χ2n) is 10.9. The van der Waals surface area contributed by atoms with Gasteiger partial charge in [-0.05, 0) is 61.1 Å². The standard InChI is InChI=1S/C34H37ClN4O4/c1-22-19-27(15-16-28(22)35)37-33(42)29(14-8-9-23(2)36)38-34(43)30-20-25-12-6-7-13-26(25)21-39(30)32(41)18-17-31(40)24-10-4-3-5-11-24/h3-7,10-13,15-16,19,29-30H,2,8-9,14,17-18,20-21,36H2,1H3,(H,37,42)(H,38,43)/t29-,30-/m0/s1. The van der Waals surface area contributed by atoms with E-state index >= 15 is 0 Å². The van der Waals surface area contributed by atoms with E-state index in [0.717, 1.165) is 16.7 Å². The number of nitrogens with one attached hydrogen (secondary N) is 2. The van der Waals surface area contributed by atoms with Crippen molar-refractivity contribution in [1.82, 2.24) is 10.2 Å². The summed E-state index contributed by atoms with van der Waals surface area (Å²) in [5.41, 5.74) is 10.1. The number of nitrogens with zero attached hydrogens (tertiary/aromatic N) is 1. The number of hydrogen-bond donors (Lipinski definition) is 3. The van der Waals surface area contributed by atoms with Gasteiger partial charge in [-0.2, -0.15) is 0 Å². The number of Topliss-reactive ketones (excluding diaryl/α,β-unsaturated/α-hetero) is 1. The molecule has 0 aromatic heterocycles. The molecule has 1 aliphatic heterocycles. The summed E-state index contributed by atoms with van der Waals surface area (Å²) >= 11 is 6.14. The number of aryl methyl sites for hydroxylation is 1. The first-order chi connectivity index (χ1) is 20.6. The second kappa shape index (κ2) is 14.6. The van der Waals surface area contributed by atoms with Crippen LogP contribution in [0.1, 0.15) is 59.2 Å². The van der Waals surface area contributed by atoms with Crippen LogP contribution in [0.15, 0.2) is 85.1 Å². The first kappa shape index (κ1) is 31.5. The van der Waals surface area contributed by atoms with Gasteiger partial charge in [-0.25, -0.2) is 0 Å². The number of carbonyl (C=O) groups excluding carboxylic acids is 4. The van der Waals surface area contributed by atoms with Crippen LogP contribution in [0.4, 0.5) is 5.69 Å². The Kier molecular flexibility index (Phi) is 10.7. The topological polar surface area (TPSA) is 122 Å². The second-order valence-corrected chi connectivity index (χ2v) is 11.3. The van der Waals surface area contributed by atoms with Gasteiger partial charge < -0.3 is 21.3 Å². The number of ketones is 1. The highest BCUT2D eigenvalue weighted by Crippen LogP contribution is 2.25. The lowest BCUT2D eigenvalue weighted by molar-refractivity contribution is -0.142. The van der Waals surface area contributed by atoms with Crippen LogP contribution in [0.5, 0.6) is 0 Å². The molecule has 0 radical (unpaired) electrons. The van der Waals surface area contributed by atoms with Gasteiger partial charge in [0.15, 0.2) is 5.78 Å². The van der Waals surface area contributed by atoms with Crippen molar-refractivity contribution in [2.24, 2.45) is 5.73 Å². The summed E-state index contributed by atoms with van der Waals surface area (Å²) in [7, 11) is 0. The lowest BCUT2D eigenvalue weighted by Gasteiger charge is -2.37. The molecule has 0 saturated heterocycles. The van der Waals surface area contributed by atoms with Gasteiger partial charge in [0.2, 0.25) is 17.7 Å². The highest BCUT2D eigenvalue weighted by molar-refractivity contribution is 6.31. The van der Waals surface area contributed by atoms with E-state index in [0.29, 0.717) is 47.7 Å². The molecule has 0 aliphatic carbocycles. The molecule has 0 saturated carbocycles. The summed E-state index contributed by atoms with van der Waals surface area (Å²) in [6.07, 6.45) is 1.65. The highest BCUT2D eigenvalue weighted by atomic mass is 35.5. The van der Waals surface area contributed by atoms with Gasteiger partial charge in [-0.1, -0.05) is 72.8 Å². The fourth-order valence-electron chi connectivity index (χ4n) is 5.17. The summed E-state index contributed by atoms with van der Waals surface area (Å²) in [6.45, 7) is 5.80. The average Bonchev–Trinajstić information content (AvgIpc) is 3.00. The van der Waals surface area contributed by atoms with Crippen molar-refractivity contribution in [3.05, 3.63) is 112 Å². The van der Waals surface area contributed by atoms with Crippen molar-refractivity contribution in [2.45, 2.75) is 64.1 Å². The number of benzene rings is 3. The van der Waals surface area contributed by atoms with Gasteiger partial charge in [0.05, 0.1) is 0 Å². The molecule has 43 heavy (non-hydrogen) atoms. The molecule has 0 fully saturated rings. The van der Waals surface area contributed by atoms with E-state index in [2.05, 4.69) is 17.2 Å². The van der Waals surface area contributed by atoms with Crippen LogP contribution in [-0.4, -0.2) is 40.5 Å². The number of carbonyl (C=O) groups is 4.